The van der Waals surface area contributed by atoms with Crippen molar-refractivity contribution < 1.29 is 18.7 Å². The Morgan fingerprint density at radius 1 is 1.09 bits per heavy atom. The smallest absolute Gasteiger partial charge is 0.234 e. The van der Waals surface area contributed by atoms with Crippen molar-refractivity contribution in [2.45, 2.75) is 51.9 Å². The van der Waals surface area contributed by atoms with Crippen molar-refractivity contribution in [2.24, 2.45) is 0 Å². The van der Waals surface area contributed by atoms with E-state index >= 15 is 0 Å². The molecule has 2 aromatic carbocycles. The van der Waals surface area contributed by atoms with Crippen LogP contribution in [0.1, 0.15) is 51.2 Å². The third-order valence-corrected chi connectivity index (χ3v) is 5.80. The predicted octanol–water partition coefficient (Wildman–Crippen LogP) is 5.14. The van der Waals surface area contributed by atoms with Crippen LogP contribution in [0.5, 0.6) is 5.75 Å². The molecule has 0 spiro atoms. The van der Waals surface area contributed by atoms with Gasteiger partial charge in [-0.15, -0.1) is 10.2 Å². The van der Waals surface area contributed by atoms with Crippen LogP contribution in [0.25, 0.3) is 0 Å². The van der Waals surface area contributed by atoms with Crippen molar-refractivity contribution in [1.82, 2.24) is 14.8 Å². The highest BCUT2D eigenvalue weighted by Crippen LogP contribution is 2.28. The minimum Gasteiger partial charge on any atom is -0.483 e. The van der Waals surface area contributed by atoms with E-state index in [2.05, 4.69) is 20.8 Å². The van der Waals surface area contributed by atoms with Crippen LogP contribution in [0.15, 0.2) is 47.6 Å². The van der Waals surface area contributed by atoms with E-state index in [-0.39, 0.29) is 29.4 Å². The molecule has 8 nitrogen and oxygen atoms in total. The summed E-state index contributed by atoms with van der Waals surface area (Å²) < 4.78 is 21.0. The first-order valence-corrected chi connectivity index (χ1v) is 11.8. The van der Waals surface area contributed by atoms with Crippen LogP contribution in [0.4, 0.5) is 15.8 Å². The summed E-state index contributed by atoms with van der Waals surface area (Å²) in [5.74, 6) is 0.542. The summed E-state index contributed by atoms with van der Waals surface area (Å²) in [7, 11) is 0. The molecule has 0 radical (unpaired) electrons. The molecule has 0 aliphatic carbocycles. The Morgan fingerprint density at radius 2 is 1.79 bits per heavy atom. The Hall–Kier alpha value is -3.40. The first-order chi connectivity index (χ1) is 16.1. The monoisotopic (exact) mass is 485 g/mol. The van der Waals surface area contributed by atoms with Gasteiger partial charge in [-0.25, -0.2) is 4.39 Å². The molecule has 1 atom stereocenters. The summed E-state index contributed by atoms with van der Waals surface area (Å²) in [6.45, 7) is 9.16. The van der Waals surface area contributed by atoms with E-state index < -0.39 is 6.10 Å². The number of aryl methyl sites for hydroxylation is 1. The van der Waals surface area contributed by atoms with Crippen LogP contribution in [0.3, 0.4) is 0 Å². The second-order valence-corrected chi connectivity index (χ2v) is 9.01. The Bertz CT molecular complexity index is 1160. The number of nitrogens with one attached hydrogen (secondary N) is 2. The van der Waals surface area contributed by atoms with E-state index in [9.17, 15) is 14.0 Å². The largest absolute Gasteiger partial charge is 0.483 e. The number of carbonyl (C=O) groups is 2. The Morgan fingerprint density at radius 3 is 2.44 bits per heavy atom. The summed E-state index contributed by atoms with van der Waals surface area (Å²) in [4.78, 5) is 23.9. The summed E-state index contributed by atoms with van der Waals surface area (Å²) in [6.07, 6.45) is -0.428. The summed E-state index contributed by atoms with van der Waals surface area (Å²) in [5, 5.41) is 14.7. The topological polar surface area (TPSA) is 98.1 Å². The molecule has 34 heavy (non-hydrogen) atoms. The number of carbonyl (C=O) groups excluding carboxylic acids is 2. The van der Waals surface area contributed by atoms with Gasteiger partial charge >= 0.3 is 0 Å². The number of hydrogen-bond acceptors (Lipinski definition) is 6. The van der Waals surface area contributed by atoms with Gasteiger partial charge in [0, 0.05) is 24.3 Å². The van der Waals surface area contributed by atoms with Gasteiger partial charge in [-0.2, -0.15) is 0 Å². The van der Waals surface area contributed by atoms with Crippen LogP contribution in [0.2, 0.25) is 0 Å². The molecule has 1 heterocycles. The summed E-state index contributed by atoms with van der Waals surface area (Å²) in [5.41, 5.74) is 2.14. The van der Waals surface area contributed by atoms with Gasteiger partial charge < -0.3 is 19.9 Å². The van der Waals surface area contributed by atoms with Crippen molar-refractivity contribution >= 4 is 35.0 Å². The quantitative estimate of drug-likeness (QED) is 0.408. The Labute approximate surface area is 202 Å². The predicted molar refractivity (Wildman–Crippen MR) is 131 cm³/mol. The van der Waals surface area contributed by atoms with E-state index in [1.54, 1.807) is 24.3 Å². The number of nitrogens with zero attached hydrogens (tertiary/aromatic N) is 3. The molecular formula is C24H28FN5O3S. The van der Waals surface area contributed by atoms with Gasteiger partial charge in [0.1, 0.15) is 11.6 Å². The van der Waals surface area contributed by atoms with Gasteiger partial charge in [-0.1, -0.05) is 17.8 Å². The van der Waals surface area contributed by atoms with E-state index in [0.29, 0.717) is 28.1 Å². The third-order valence-electron chi connectivity index (χ3n) is 4.86. The number of thioether (sulfide) groups is 1. The SMILES string of the molecule is CC(=O)Nc1cc(NC(=O)CSc2nnc(C(C)Oc3ccc(F)cc3)n2C(C)C)ccc1C. The van der Waals surface area contributed by atoms with Gasteiger partial charge in [-0.3, -0.25) is 9.59 Å². The molecule has 0 fully saturated rings. The first-order valence-electron chi connectivity index (χ1n) is 10.8. The highest BCUT2D eigenvalue weighted by Gasteiger charge is 2.22. The molecule has 180 valence electrons. The van der Waals surface area contributed by atoms with Gasteiger partial charge in [0.05, 0.1) is 5.75 Å². The maximum atomic E-state index is 13.2. The van der Waals surface area contributed by atoms with Crippen LogP contribution in [-0.2, 0) is 9.59 Å². The lowest BCUT2D eigenvalue weighted by Gasteiger charge is -2.19. The molecule has 0 bridgehead atoms. The fourth-order valence-electron chi connectivity index (χ4n) is 3.27. The van der Waals surface area contributed by atoms with Crippen molar-refractivity contribution in [3.8, 4) is 5.75 Å². The Kier molecular flexibility index (Phi) is 8.27. The van der Waals surface area contributed by atoms with Crippen molar-refractivity contribution in [3.63, 3.8) is 0 Å². The average molecular weight is 486 g/mol. The van der Waals surface area contributed by atoms with E-state index in [0.717, 1.165) is 5.56 Å². The van der Waals surface area contributed by atoms with Crippen LogP contribution >= 0.6 is 11.8 Å². The lowest BCUT2D eigenvalue weighted by Crippen LogP contribution is -2.17. The summed E-state index contributed by atoms with van der Waals surface area (Å²) >= 11 is 1.27. The number of ether oxygens (including phenoxy) is 1. The maximum absolute atomic E-state index is 13.2. The maximum Gasteiger partial charge on any atom is 0.234 e. The number of halogens is 1. The molecule has 1 aromatic heterocycles. The second-order valence-electron chi connectivity index (χ2n) is 8.07. The molecule has 0 saturated carbocycles. The summed E-state index contributed by atoms with van der Waals surface area (Å²) in [6, 6.07) is 11.2. The molecule has 0 aliphatic rings. The number of benzene rings is 2. The zero-order valence-electron chi connectivity index (χ0n) is 19.8. The molecule has 2 amide bonds. The minimum atomic E-state index is -0.428. The standard InChI is InChI=1S/C24H28FN5O3S/c1-14(2)30-23(16(4)33-20-10-7-18(25)8-11-20)28-29-24(30)34-13-22(32)27-19-9-6-15(3)21(12-19)26-17(5)31/h6-12,14,16H,13H2,1-5H3,(H,26,31)(H,27,32). The highest BCUT2D eigenvalue weighted by atomic mass is 32.2. The van der Waals surface area contributed by atoms with Crippen molar-refractivity contribution in [2.75, 3.05) is 16.4 Å². The van der Waals surface area contributed by atoms with Gasteiger partial charge in [0.15, 0.2) is 17.1 Å². The van der Waals surface area contributed by atoms with Gasteiger partial charge in [0.2, 0.25) is 11.8 Å². The molecule has 3 rings (SSSR count). The van der Waals surface area contributed by atoms with Crippen molar-refractivity contribution in [1.29, 1.82) is 0 Å². The van der Waals surface area contributed by atoms with Gasteiger partial charge in [0.25, 0.3) is 0 Å². The zero-order valence-corrected chi connectivity index (χ0v) is 20.6. The average Bonchev–Trinajstić information content (AvgIpc) is 3.20. The van der Waals surface area contributed by atoms with Crippen molar-refractivity contribution in [3.05, 3.63) is 59.7 Å². The normalized spacial score (nSPS) is 11.9. The highest BCUT2D eigenvalue weighted by molar-refractivity contribution is 7.99. The van der Waals surface area contributed by atoms with E-state index in [1.165, 1.54) is 30.8 Å². The molecule has 3 aromatic rings. The molecular weight excluding hydrogens is 457 g/mol. The molecule has 0 aliphatic heterocycles. The molecule has 1 unspecified atom stereocenters. The number of anilines is 2. The number of aromatic nitrogens is 3. The van der Waals surface area contributed by atoms with Gasteiger partial charge in [-0.05, 0) is 69.7 Å². The van der Waals surface area contributed by atoms with E-state index in [4.69, 9.17) is 4.74 Å². The van der Waals surface area contributed by atoms with Crippen LogP contribution < -0.4 is 15.4 Å². The lowest BCUT2D eigenvalue weighted by molar-refractivity contribution is -0.114. The molecule has 10 heteroatoms. The number of rotatable bonds is 9. The molecule has 0 saturated heterocycles. The molecule has 2 N–H and O–H groups in total. The number of hydrogen-bond donors (Lipinski definition) is 2. The second kappa shape index (κ2) is 11.1. The van der Waals surface area contributed by atoms with E-state index in [1.807, 2.05) is 38.3 Å². The number of amides is 2. The third kappa shape index (κ3) is 6.57. The first kappa shape index (κ1) is 25.2. The fourth-order valence-corrected chi connectivity index (χ4v) is 4.14. The minimum absolute atomic E-state index is 0.0344. The zero-order chi connectivity index (χ0) is 24.8. The van der Waals surface area contributed by atoms with Crippen LogP contribution in [0, 0.1) is 12.7 Å². The van der Waals surface area contributed by atoms with Crippen LogP contribution in [-0.4, -0.2) is 32.3 Å². The lowest BCUT2D eigenvalue weighted by atomic mass is 10.2. The fraction of sp³-hybridized carbons (Fsp3) is 0.333. The Balaban J connectivity index is 1.66.